The standard InChI is InChI=1S/C28H34N6O5/c1-17-5-9-24(28(37)31-19-6-7-20(13-19)38-3)34(17)26(36)15-33-23-10-8-21(14-22(23)27(32-33)18(2)35)39-16-25-29-11-4-12-30-25/h4,8,10-12,14,17,19-20,24H,5-7,9,13,15-16H2,1-3H3,(H,31,37)/t17-,19?,20?,24+/m1/s1. The summed E-state index contributed by atoms with van der Waals surface area (Å²) in [5, 5.41) is 8.21. The molecule has 0 spiro atoms. The van der Waals surface area contributed by atoms with Crippen molar-refractivity contribution in [1.29, 1.82) is 0 Å². The lowest BCUT2D eigenvalue weighted by molar-refractivity contribution is -0.141. The Bertz CT molecular complexity index is 1360. The molecule has 11 nitrogen and oxygen atoms in total. The molecule has 4 atom stereocenters. The second kappa shape index (κ2) is 11.5. The predicted molar refractivity (Wildman–Crippen MR) is 142 cm³/mol. The third-order valence-electron chi connectivity index (χ3n) is 7.65. The van der Waals surface area contributed by atoms with Crippen LogP contribution in [0.5, 0.6) is 5.75 Å². The highest BCUT2D eigenvalue weighted by Gasteiger charge is 2.40. The molecule has 5 rings (SSSR count). The average Bonchev–Trinajstić information content (AvgIpc) is 3.65. The van der Waals surface area contributed by atoms with E-state index in [1.807, 2.05) is 6.92 Å². The first-order valence-electron chi connectivity index (χ1n) is 13.4. The van der Waals surface area contributed by atoms with Crippen LogP contribution in [-0.4, -0.2) is 73.6 Å². The molecule has 0 radical (unpaired) electrons. The highest BCUT2D eigenvalue weighted by atomic mass is 16.5. The molecule has 1 aliphatic carbocycles. The number of carbonyl (C=O) groups is 3. The van der Waals surface area contributed by atoms with Crippen LogP contribution in [-0.2, 0) is 27.5 Å². The van der Waals surface area contributed by atoms with Crippen LogP contribution in [0.15, 0.2) is 36.7 Å². The van der Waals surface area contributed by atoms with Gasteiger partial charge in [-0.1, -0.05) is 0 Å². The van der Waals surface area contributed by atoms with Crippen LogP contribution in [0.2, 0.25) is 0 Å². The van der Waals surface area contributed by atoms with Gasteiger partial charge in [0.1, 0.15) is 30.6 Å². The molecular weight excluding hydrogens is 500 g/mol. The van der Waals surface area contributed by atoms with Crippen molar-refractivity contribution in [2.45, 2.75) is 83.3 Å². The fraction of sp³-hybridized carbons (Fsp3) is 0.500. The zero-order valence-corrected chi connectivity index (χ0v) is 22.5. The van der Waals surface area contributed by atoms with E-state index < -0.39 is 6.04 Å². The summed E-state index contributed by atoms with van der Waals surface area (Å²) >= 11 is 0. The monoisotopic (exact) mass is 534 g/mol. The molecule has 2 aromatic heterocycles. The van der Waals surface area contributed by atoms with E-state index in [9.17, 15) is 14.4 Å². The van der Waals surface area contributed by atoms with Crippen molar-refractivity contribution in [3.05, 3.63) is 48.2 Å². The largest absolute Gasteiger partial charge is 0.486 e. The van der Waals surface area contributed by atoms with Crippen LogP contribution in [0, 0.1) is 0 Å². The van der Waals surface area contributed by atoms with E-state index in [-0.39, 0.29) is 54.6 Å². The molecule has 2 aliphatic rings. The van der Waals surface area contributed by atoms with E-state index in [1.165, 1.54) is 6.92 Å². The summed E-state index contributed by atoms with van der Waals surface area (Å²) in [5.74, 6) is 0.537. The normalized spacial score (nSPS) is 22.8. The molecule has 11 heteroatoms. The third-order valence-corrected chi connectivity index (χ3v) is 7.65. The number of hydrogen-bond acceptors (Lipinski definition) is 8. The minimum absolute atomic E-state index is 0.0633. The van der Waals surface area contributed by atoms with E-state index >= 15 is 0 Å². The molecule has 1 aromatic carbocycles. The number of carbonyl (C=O) groups excluding carboxylic acids is 3. The summed E-state index contributed by atoms with van der Waals surface area (Å²) < 4.78 is 12.8. The molecule has 3 aromatic rings. The maximum atomic E-state index is 13.6. The molecule has 2 unspecified atom stereocenters. The van der Waals surface area contributed by atoms with Gasteiger partial charge >= 0.3 is 0 Å². The maximum Gasteiger partial charge on any atom is 0.245 e. The molecule has 206 valence electrons. The van der Waals surface area contributed by atoms with Crippen LogP contribution in [0.1, 0.15) is 62.3 Å². The number of nitrogens with one attached hydrogen (secondary N) is 1. The van der Waals surface area contributed by atoms with Crippen LogP contribution >= 0.6 is 0 Å². The van der Waals surface area contributed by atoms with Gasteiger partial charge in [0.2, 0.25) is 11.8 Å². The lowest BCUT2D eigenvalue weighted by Gasteiger charge is -2.29. The number of hydrogen-bond donors (Lipinski definition) is 1. The Balaban J connectivity index is 1.32. The van der Waals surface area contributed by atoms with Crippen LogP contribution < -0.4 is 10.1 Å². The summed E-state index contributed by atoms with van der Waals surface area (Å²) in [6, 6.07) is 6.49. The van der Waals surface area contributed by atoms with Crippen molar-refractivity contribution in [2.24, 2.45) is 0 Å². The van der Waals surface area contributed by atoms with Crippen molar-refractivity contribution in [3.8, 4) is 5.75 Å². The van der Waals surface area contributed by atoms with Crippen LogP contribution in [0.25, 0.3) is 10.9 Å². The molecule has 0 bridgehead atoms. The van der Waals surface area contributed by atoms with Gasteiger partial charge in [-0.3, -0.25) is 19.1 Å². The molecule has 1 saturated heterocycles. The molecule has 2 amide bonds. The third kappa shape index (κ3) is 5.78. The molecular formula is C28H34N6O5. The maximum absolute atomic E-state index is 13.6. The van der Waals surface area contributed by atoms with E-state index in [4.69, 9.17) is 9.47 Å². The summed E-state index contributed by atoms with van der Waals surface area (Å²) in [6.07, 6.45) is 7.39. The fourth-order valence-electron chi connectivity index (χ4n) is 5.64. The summed E-state index contributed by atoms with van der Waals surface area (Å²) in [5.41, 5.74) is 0.901. The van der Waals surface area contributed by atoms with Gasteiger partial charge in [0.15, 0.2) is 11.6 Å². The Kier molecular flexibility index (Phi) is 7.87. The van der Waals surface area contributed by atoms with Gasteiger partial charge in [0.25, 0.3) is 0 Å². The van der Waals surface area contributed by atoms with Crippen molar-refractivity contribution in [3.63, 3.8) is 0 Å². The van der Waals surface area contributed by atoms with Crippen molar-refractivity contribution in [2.75, 3.05) is 7.11 Å². The molecule has 1 saturated carbocycles. The highest BCUT2D eigenvalue weighted by Crippen LogP contribution is 2.29. The smallest absolute Gasteiger partial charge is 0.245 e. The lowest BCUT2D eigenvalue weighted by Crippen LogP contribution is -2.51. The number of nitrogens with zero attached hydrogens (tertiary/aromatic N) is 5. The molecule has 1 aliphatic heterocycles. The number of fused-ring (bicyclic) bond motifs is 1. The SMILES string of the molecule is COC1CCC(NC(=O)[C@@H]2CC[C@@H](C)N2C(=O)Cn2nc(C(C)=O)c3cc(OCc4ncccn4)ccc32)C1. The number of rotatable bonds is 9. The van der Waals surface area contributed by atoms with Crippen LogP contribution in [0.4, 0.5) is 0 Å². The number of benzene rings is 1. The summed E-state index contributed by atoms with van der Waals surface area (Å²) in [4.78, 5) is 49.1. The van der Waals surface area contributed by atoms with Gasteiger partial charge in [-0.2, -0.15) is 5.10 Å². The summed E-state index contributed by atoms with van der Waals surface area (Å²) in [7, 11) is 1.69. The zero-order chi connectivity index (χ0) is 27.5. The van der Waals surface area contributed by atoms with E-state index in [0.29, 0.717) is 28.9 Å². The Hall–Kier alpha value is -3.86. The summed E-state index contributed by atoms with van der Waals surface area (Å²) in [6.45, 7) is 3.51. The second-order valence-electron chi connectivity index (χ2n) is 10.3. The zero-order valence-electron chi connectivity index (χ0n) is 22.5. The first kappa shape index (κ1) is 26.7. The van der Waals surface area contributed by atoms with Gasteiger partial charge in [-0.25, -0.2) is 9.97 Å². The number of methoxy groups -OCH3 is 1. The minimum Gasteiger partial charge on any atom is -0.486 e. The Morgan fingerprint density at radius 3 is 2.62 bits per heavy atom. The van der Waals surface area contributed by atoms with Gasteiger partial charge in [0, 0.05) is 43.9 Å². The number of aromatic nitrogens is 4. The fourth-order valence-corrected chi connectivity index (χ4v) is 5.64. The van der Waals surface area contributed by atoms with Crippen molar-refractivity contribution in [1.82, 2.24) is 30.0 Å². The Morgan fingerprint density at radius 2 is 1.90 bits per heavy atom. The van der Waals surface area contributed by atoms with Gasteiger partial charge < -0.3 is 19.7 Å². The van der Waals surface area contributed by atoms with Gasteiger partial charge in [-0.05, 0) is 63.3 Å². The molecule has 39 heavy (non-hydrogen) atoms. The predicted octanol–water partition coefficient (Wildman–Crippen LogP) is 2.67. The lowest BCUT2D eigenvalue weighted by atomic mass is 10.1. The molecule has 1 N–H and O–H groups in total. The Morgan fingerprint density at radius 1 is 1.10 bits per heavy atom. The molecule has 2 fully saturated rings. The molecule has 3 heterocycles. The average molecular weight is 535 g/mol. The number of amides is 2. The van der Waals surface area contributed by atoms with Gasteiger partial charge in [-0.15, -0.1) is 0 Å². The van der Waals surface area contributed by atoms with E-state index in [0.717, 1.165) is 25.7 Å². The minimum atomic E-state index is -0.525. The number of ketones is 1. The van der Waals surface area contributed by atoms with Crippen LogP contribution in [0.3, 0.4) is 0 Å². The van der Waals surface area contributed by atoms with Crippen molar-refractivity contribution < 1.29 is 23.9 Å². The topological polar surface area (TPSA) is 129 Å². The first-order valence-corrected chi connectivity index (χ1v) is 13.4. The quantitative estimate of drug-likeness (QED) is 0.415. The first-order chi connectivity index (χ1) is 18.8. The second-order valence-corrected chi connectivity index (χ2v) is 10.3. The van der Waals surface area contributed by atoms with Gasteiger partial charge in [0.05, 0.1) is 11.6 Å². The van der Waals surface area contributed by atoms with E-state index in [2.05, 4.69) is 20.4 Å². The van der Waals surface area contributed by atoms with E-state index in [1.54, 1.807) is 53.4 Å². The van der Waals surface area contributed by atoms with Crippen molar-refractivity contribution >= 4 is 28.5 Å². The number of ether oxygens (including phenoxy) is 2. The number of Topliss-reactive ketones (excluding diaryl/α,β-unsaturated/α-hetero) is 1. The highest BCUT2D eigenvalue weighted by molar-refractivity contribution is 6.05. The Labute approximate surface area is 226 Å². The number of likely N-dealkylation sites (tertiary alicyclic amines) is 1.